The summed E-state index contributed by atoms with van der Waals surface area (Å²) in [7, 11) is 0. The number of hydrogen-bond donors (Lipinski definition) is 1. The van der Waals surface area contributed by atoms with Crippen molar-refractivity contribution in [3.05, 3.63) is 113 Å². The minimum Gasteiger partial charge on any atom is -0.337 e. The molecule has 0 aliphatic carbocycles. The number of aryl methyl sites for hydroxylation is 1. The van der Waals surface area contributed by atoms with Crippen LogP contribution >= 0.6 is 11.6 Å². The maximum atomic E-state index is 13.1. The van der Waals surface area contributed by atoms with Gasteiger partial charge in [-0.25, -0.2) is 4.98 Å². The van der Waals surface area contributed by atoms with Crippen molar-refractivity contribution < 1.29 is 9.59 Å². The fourth-order valence-electron chi connectivity index (χ4n) is 4.12. The van der Waals surface area contributed by atoms with Crippen LogP contribution in [0.1, 0.15) is 37.8 Å². The van der Waals surface area contributed by atoms with Crippen LogP contribution in [0.2, 0.25) is 5.15 Å². The Balaban J connectivity index is 1.23. The summed E-state index contributed by atoms with van der Waals surface area (Å²) in [4.78, 5) is 35.5. The number of likely N-dealkylation sites (tertiary alicyclic amines) is 1. The summed E-state index contributed by atoms with van der Waals surface area (Å²) >= 11 is 5.80. The van der Waals surface area contributed by atoms with Crippen LogP contribution in [0.3, 0.4) is 0 Å². The van der Waals surface area contributed by atoms with Crippen LogP contribution < -0.4 is 5.32 Å². The first kappa shape index (κ1) is 22.7. The Morgan fingerprint density at radius 3 is 2.29 bits per heavy atom. The number of anilines is 1. The normalized spacial score (nSPS) is 13.3. The molecule has 1 aliphatic rings. The van der Waals surface area contributed by atoms with E-state index < -0.39 is 0 Å². The van der Waals surface area contributed by atoms with Gasteiger partial charge in [0.15, 0.2) is 0 Å². The Hall–Kier alpha value is -4.03. The monoisotopic (exact) mass is 482 g/mol. The molecule has 4 aromatic rings. The lowest BCUT2D eigenvalue weighted by Gasteiger charge is -2.39. The number of nitrogens with zero attached hydrogens (tertiary/aromatic N) is 3. The minimum atomic E-state index is -0.305. The summed E-state index contributed by atoms with van der Waals surface area (Å²) in [5.74, 6) is -0.0353. The third-order valence-electron chi connectivity index (χ3n) is 6.29. The zero-order valence-corrected chi connectivity index (χ0v) is 19.9. The van der Waals surface area contributed by atoms with Gasteiger partial charge in [0, 0.05) is 48.8 Å². The molecule has 0 atom stereocenters. The first-order valence-corrected chi connectivity index (χ1v) is 11.7. The molecule has 2 aromatic heterocycles. The number of hydrogen-bond acceptors (Lipinski definition) is 4. The van der Waals surface area contributed by atoms with Crippen LogP contribution in [0, 0.1) is 6.92 Å². The Labute approximate surface area is 208 Å². The highest BCUT2D eigenvalue weighted by atomic mass is 35.5. The minimum absolute atomic E-state index is 0.0432. The van der Waals surface area contributed by atoms with E-state index in [0.29, 0.717) is 41.0 Å². The van der Waals surface area contributed by atoms with Crippen LogP contribution in [-0.4, -0.2) is 39.8 Å². The van der Waals surface area contributed by atoms with Crippen molar-refractivity contribution in [1.82, 2.24) is 14.9 Å². The molecule has 0 saturated carbocycles. The van der Waals surface area contributed by atoms with Crippen molar-refractivity contribution >= 4 is 29.1 Å². The van der Waals surface area contributed by atoms with Crippen molar-refractivity contribution in [3.8, 4) is 11.1 Å². The van der Waals surface area contributed by atoms with Crippen LogP contribution in [0.5, 0.6) is 0 Å². The van der Waals surface area contributed by atoms with Gasteiger partial charge in [0.2, 0.25) is 0 Å². The third-order valence-corrected chi connectivity index (χ3v) is 6.51. The lowest BCUT2D eigenvalue weighted by molar-refractivity contribution is 0.0602. The SMILES string of the molecule is Cc1ccc(C(=O)N2CC(c3ccc(-c4ccncc4)cc3)C2)cc1NC(=O)c1ccc(Cl)nc1. The van der Waals surface area contributed by atoms with Gasteiger partial charge < -0.3 is 10.2 Å². The Kier molecular flexibility index (Phi) is 6.29. The van der Waals surface area contributed by atoms with E-state index in [1.165, 1.54) is 11.8 Å². The van der Waals surface area contributed by atoms with E-state index in [9.17, 15) is 9.59 Å². The first-order valence-electron chi connectivity index (χ1n) is 11.3. The summed E-state index contributed by atoms with van der Waals surface area (Å²) in [6.07, 6.45) is 5.00. The average molecular weight is 483 g/mol. The molecule has 0 bridgehead atoms. The van der Waals surface area contributed by atoms with E-state index in [4.69, 9.17) is 11.6 Å². The number of halogens is 1. The van der Waals surface area contributed by atoms with Gasteiger partial charge in [-0.1, -0.05) is 41.9 Å². The molecule has 1 fully saturated rings. The summed E-state index contributed by atoms with van der Waals surface area (Å²) in [5, 5.41) is 3.19. The molecule has 1 aliphatic heterocycles. The molecule has 2 aromatic carbocycles. The number of nitrogens with one attached hydrogen (secondary N) is 1. The van der Waals surface area contributed by atoms with E-state index in [1.807, 2.05) is 30.0 Å². The third kappa shape index (κ3) is 4.93. The van der Waals surface area contributed by atoms with E-state index in [1.54, 1.807) is 36.7 Å². The maximum Gasteiger partial charge on any atom is 0.257 e. The van der Waals surface area contributed by atoms with Gasteiger partial charge in [0.25, 0.3) is 11.8 Å². The Morgan fingerprint density at radius 1 is 0.914 bits per heavy atom. The molecule has 6 nitrogen and oxygen atoms in total. The number of aromatic nitrogens is 2. The summed E-state index contributed by atoms with van der Waals surface area (Å²) < 4.78 is 0. The van der Waals surface area contributed by atoms with Crippen LogP contribution in [0.4, 0.5) is 5.69 Å². The number of carbonyl (C=O) groups excluding carboxylic acids is 2. The second-order valence-corrected chi connectivity index (χ2v) is 9.01. The fourth-order valence-corrected chi connectivity index (χ4v) is 4.24. The van der Waals surface area contributed by atoms with Crippen LogP contribution in [0.25, 0.3) is 11.1 Å². The van der Waals surface area contributed by atoms with Gasteiger partial charge in [0.1, 0.15) is 5.15 Å². The summed E-state index contributed by atoms with van der Waals surface area (Å²) in [6, 6.07) is 21.0. The number of amides is 2. The maximum absolute atomic E-state index is 13.1. The van der Waals surface area contributed by atoms with Gasteiger partial charge in [-0.3, -0.25) is 14.6 Å². The van der Waals surface area contributed by atoms with Crippen LogP contribution in [0.15, 0.2) is 85.3 Å². The zero-order chi connectivity index (χ0) is 24.4. The van der Waals surface area contributed by atoms with Gasteiger partial charge in [-0.15, -0.1) is 0 Å². The molecule has 1 saturated heterocycles. The largest absolute Gasteiger partial charge is 0.337 e. The number of carbonyl (C=O) groups is 2. The number of pyridine rings is 2. The summed E-state index contributed by atoms with van der Waals surface area (Å²) in [5.41, 5.74) is 5.91. The molecule has 7 heteroatoms. The molecule has 0 spiro atoms. The molecule has 0 radical (unpaired) electrons. The predicted molar refractivity (Wildman–Crippen MR) is 137 cm³/mol. The van der Waals surface area contributed by atoms with Gasteiger partial charge in [-0.05, 0) is 65.6 Å². The van der Waals surface area contributed by atoms with Gasteiger partial charge >= 0.3 is 0 Å². The first-order chi connectivity index (χ1) is 17.0. The fraction of sp³-hybridized carbons (Fsp3) is 0.143. The standard InChI is InChI=1S/C28H23ClN4O2/c1-18-2-3-22(14-25(18)32-27(34)23-8-9-26(29)31-15-23)28(35)33-16-24(17-33)20-6-4-19(5-7-20)21-10-12-30-13-11-21/h2-15,24H,16-17H2,1H3,(H,32,34). The molecule has 1 N–H and O–H groups in total. The average Bonchev–Trinajstić information content (AvgIpc) is 2.86. The zero-order valence-electron chi connectivity index (χ0n) is 19.1. The topological polar surface area (TPSA) is 75.2 Å². The second-order valence-electron chi connectivity index (χ2n) is 8.62. The molecule has 2 amide bonds. The van der Waals surface area contributed by atoms with Crippen molar-refractivity contribution in [2.24, 2.45) is 0 Å². The van der Waals surface area contributed by atoms with Gasteiger partial charge in [0.05, 0.1) is 5.56 Å². The molecule has 5 rings (SSSR count). The molecular weight excluding hydrogens is 460 g/mol. The number of benzene rings is 2. The molecule has 0 unspecified atom stereocenters. The van der Waals surface area contributed by atoms with E-state index in [-0.39, 0.29) is 11.8 Å². The van der Waals surface area contributed by atoms with Crippen LogP contribution in [-0.2, 0) is 0 Å². The van der Waals surface area contributed by atoms with E-state index in [0.717, 1.165) is 16.7 Å². The molecule has 3 heterocycles. The Morgan fingerprint density at radius 2 is 1.60 bits per heavy atom. The lowest BCUT2D eigenvalue weighted by atomic mass is 9.89. The van der Waals surface area contributed by atoms with Gasteiger partial charge in [-0.2, -0.15) is 0 Å². The van der Waals surface area contributed by atoms with Crippen molar-refractivity contribution in [2.45, 2.75) is 12.8 Å². The number of rotatable bonds is 5. The highest BCUT2D eigenvalue weighted by molar-refractivity contribution is 6.29. The highest BCUT2D eigenvalue weighted by Gasteiger charge is 2.32. The Bertz CT molecular complexity index is 1370. The molecule has 35 heavy (non-hydrogen) atoms. The van der Waals surface area contributed by atoms with Crippen molar-refractivity contribution in [3.63, 3.8) is 0 Å². The molecule has 174 valence electrons. The smallest absolute Gasteiger partial charge is 0.257 e. The lowest BCUT2D eigenvalue weighted by Crippen LogP contribution is -2.48. The van der Waals surface area contributed by atoms with E-state index >= 15 is 0 Å². The predicted octanol–water partition coefficient (Wildman–Crippen LogP) is 5.60. The highest BCUT2D eigenvalue weighted by Crippen LogP contribution is 2.31. The quantitative estimate of drug-likeness (QED) is 0.376. The summed E-state index contributed by atoms with van der Waals surface area (Å²) in [6.45, 7) is 3.22. The van der Waals surface area contributed by atoms with Crippen molar-refractivity contribution in [2.75, 3.05) is 18.4 Å². The van der Waals surface area contributed by atoms with Crippen molar-refractivity contribution in [1.29, 1.82) is 0 Å². The van der Waals surface area contributed by atoms with E-state index in [2.05, 4.69) is 39.6 Å². The second kappa shape index (κ2) is 9.68. The molecular formula is C28H23ClN4O2.